The number of rotatable bonds is 2. The Bertz CT molecular complexity index is 577. The maximum absolute atomic E-state index is 11.8. The van der Waals surface area contributed by atoms with Crippen LogP contribution < -0.4 is 16.6 Å². The van der Waals surface area contributed by atoms with E-state index in [2.05, 4.69) is 16.2 Å². The Morgan fingerprint density at radius 1 is 1.42 bits per heavy atom. The second-order valence-corrected chi connectivity index (χ2v) is 4.44. The number of pyridine rings is 1. The first-order valence-electron chi connectivity index (χ1n) is 5.72. The number of hydrogen-bond acceptors (Lipinski definition) is 6. The van der Waals surface area contributed by atoms with E-state index in [4.69, 9.17) is 17.3 Å². The van der Waals surface area contributed by atoms with Gasteiger partial charge < -0.3 is 31.4 Å². The quantitative estimate of drug-likeness (QED) is 0.332. The lowest BCUT2D eigenvalue weighted by Crippen LogP contribution is -2.36. The zero-order valence-electron chi connectivity index (χ0n) is 10.00. The van der Waals surface area contributed by atoms with Gasteiger partial charge in [0.1, 0.15) is 11.9 Å². The van der Waals surface area contributed by atoms with E-state index < -0.39 is 29.9 Å². The van der Waals surface area contributed by atoms with Gasteiger partial charge in [-0.15, -0.1) is 6.42 Å². The summed E-state index contributed by atoms with van der Waals surface area (Å²) in [5.74, 6) is 2.39. The van der Waals surface area contributed by atoms with Crippen LogP contribution in [0.15, 0.2) is 10.9 Å². The SMILES string of the molecule is C#Cc1cc(C2NC(CO)C(O)C2O)c(=O)[nH]c1N. The van der Waals surface area contributed by atoms with Crippen LogP contribution in [0.3, 0.4) is 0 Å². The van der Waals surface area contributed by atoms with Crippen LogP contribution in [0.4, 0.5) is 5.82 Å². The highest BCUT2D eigenvalue weighted by molar-refractivity contribution is 5.51. The Morgan fingerprint density at radius 2 is 2.11 bits per heavy atom. The smallest absolute Gasteiger partial charge is 0.254 e. The second-order valence-electron chi connectivity index (χ2n) is 4.44. The van der Waals surface area contributed by atoms with Crippen LogP contribution >= 0.6 is 0 Å². The number of terminal acetylenes is 1. The van der Waals surface area contributed by atoms with Crippen molar-refractivity contribution in [2.75, 3.05) is 12.3 Å². The van der Waals surface area contributed by atoms with Crippen LogP contribution in [0.2, 0.25) is 0 Å². The average molecular weight is 265 g/mol. The summed E-state index contributed by atoms with van der Waals surface area (Å²) in [5.41, 5.74) is 5.51. The minimum atomic E-state index is -1.22. The standard InChI is InChI=1S/C12H15N3O4/c1-2-5-3-6(12(19)15-11(5)13)8-10(18)9(17)7(4-16)14-8/h1,3,7-10,14,16-18H,4H2,(H3,13,15,19). The van der Waals surface area contributed by atoms with E-state index in [1.807, 2.05) is 0 Å². The molecule has 7 heteroatoms. The number of aromatic amines is 1. The summed E-state index contributed by atoms with van der Waals surface area (Å²) >= 11 is 0. The zero-order chi connectivity index (χ0) is 14.2. The van der Waals surface area contributed by atoms with Gasteiger partial charge in [0, 0.05) is 5.56 Å². The Balaban J connectivity index is 2.44. The molecule has 2 rings (SSSR count). The van der Waals surface area contributed by atoms with Gasteiger partial charge in [-0.05, 0) is 6.07 Å². The van der Waals surface area contributed by atoms with E-state index in [-0.39, 0.29) is 18.0 Å². The first kappa shape index (κ1) is 13.6. The molecule has 0 saturated carbocycles. The van der Waals surface area contributed by atoms with Crippen molar-refractivity contribution in [2.24, 2.45) is 0 Å². The van der Waals surface area contributed by atoms with Crippen LogP contribution in [0.5, 0.6) is 0 Å². The van der Waals surface area contributed by atoms with Gasteiger partial charge in [0.2, 0.25) is 0 Å². The van der Waals surface area contributed by atoms with Gasteiger partial charge in [0.05, 0.1) is 30.4 Å². The summed E-state index contributed by atoms with van der Waals surface area (Å²) in [6.45, 7) is -0.358. The molecule has 2 heterocycles. The fourth-order valence-electron chi connectivity index (χ4n) is 2.21. The molecule has 4 atom stereocenters. The highest BCUT2D eigenvalue weighted by Gasteiger charge is 2.42. The van der Waals surface area contributed by atoms with E-state index in [1.165, 1.54) is 6.07 Å². The lowest BCUT2D eigenvalue weighted by Gasteiger charge is -2.16. The van der Waals surface area contributed by atoms with Crippen LogP contribution in [0.1, 0.15) is 17.2 Å². The minimum Gasteiger partial charge on any atom is -0.395 e. The monoisotopic (exact) mass is 265 g/mol. The maximum atomic E-state index is 11.8. The minimum absolute atomic E-state index is 0.0722. The van der Waals surface area contributed by atoms with Crippen molar-refractivity contribution >= 4 is 5.82 Å². The number of nitrogens with one attached hydrogen (secondary N) is 2. The molecule has 1 aromatic rings. The number of anilines is 1. The summed E-state index contributed by atoms with van der Waals surface area (Å²) in [7, 11) is 0. The molecule has 1 saturated heterocycles. The van der Waals surface area contributed by atoms with Crippen LogP contribution in [0.25, 0.3) is 0 Å². The third-order valence-corrected chi connectivity index (χ3v) is 3.28. The molecule has 0 bridgehead atoms. The highest BCUT2D eigenvalue weighted by Crippen LogP contribution is 2.26. The Morgan fingerprint density at radius 3 is 2.63 bits per heavy atom. The molecule has 0 spiro atoms. The Labute approximate surface area is 109 Å². The fourth-order valence-corrected chi connectivity index (χ4v) is 2.21. The molecule has 7 nitrogen and oxygen atoms in total. The number of aliphatic hydroxyl groups is 3. The van der Waals surface area contributed by atoms with E-state index in [0.29, 0.717) is 5.56 Å². The zero-order valence-corrected chi connectivity index (χ0v) is 10.00. The first-order chi connectivity index (χ1) is 8.99. The van der Waals surface area contributed by atoms with Gasteiger partial charge in [0.25, 0.3) is 5.56 Å². The fraction of sp³-hybridized carbons (Fsp3) is 0.417. The van der Waals surface area contributed by atoms with Crippen molar-refractivity contribution in [1.29, 1.82) is 0 Å². The molecular formula is C12H15N3O4. The van der Waals surface area contributed by atoms with Gasteiger partial charge in [-0.2, -0.15) is 0 Å². The van der Waals surface area contributed by atoms with Crippen molar-refractivity contribution in [2.45, 2.75) is 24.3 Å². The largest absolute Gasteiger partial charge is 0.395 e. The van der Waals surface area contributed by atoms with Gasteiger partial charge in [-0.25, -0.2) is 0 Å². The van der Waals surface area contributed by atoms with Crippen molar-refractivity contribution in [3.05, 3.63) is 27.5 Å². The molecule has 4 unspecified atom stereocenters. The number of aliphatic hydroxyl groups excluding tert-OH is 3. The average Bonchev–Trinajstić information content (AvgIpc) is 2.67. The van der Waals surface area contributed by atoms with Gasteiger partial charge in [0.15, 0.2) is 0 Å². The summed E-state index contributed by atoms with van der Waals surface area (Å²) in [6, 6.07) is -0.128. The maximum Gasteiger partial charge on any atom is 0.254 e. The number of nitrogens with two attached hydrogens (primary N) is 1. The third kappa shape index (κ3) is 2.22. The number of H-pyrrole nitrogens is 1. The summed E-state index contributed by atoms with van der Waals surface area (Å²) in [4.78, 5) is 14.2. The van der Waals surface area contributed by atoms with E-state index in [9.17, 15) is 15.0 Å². The third-order valence-electron chi connectivity index (χ3n) is 3.28. The van der Waals surface area contributed by atoms with Crippen molar-refractivity contribution < 1.29 is 15.3 Å². The molecule has 0 amide bonds. The molecule has 0 radical (unpaired) electrons. The predicted octanol–water partition coefficient (Wildman–Crippen LogP) is -2.33. The summed E-state index contributed by atoms with van der Waals surface area (Å²) in [5, 5.41) is 31.5. The molecule has 0 aliphatic carbocycles. The highest BCUT2D eigenvalue weighted by atomic mass is 16.3. The van der Waals surface area contributed by atoms with Crippen LogP contribution in [0, 0.1) is 12.3 Å². The molecule has 1 aromatic heterocycles. The van der Waals surface area contributed by atoms with E-state index in [0.717, 1.165) is 0 Å². The van der Waals surface area contributed by atoms with Crippen molar-refractivity contribution in [3.63, 3.8) is 0 Å². The first-order valence-corrected chi connectivity index (χ1v) is 5.72. The van der Waals surface area contributed by atoms with Gasteiger partial charge >= 0.3 is 0 Å². The molecule has 1 fully saturated rings. The number of nitrogen functional groups attached to an aromatic ring is 1. The van der Waals surface area contributed by atoms with Crippen molar-refractivity contribution in [3.8, 4) is 12.3 Å². The van der Waals surface area contributed by atoms with Gasteiger partial charge in [-0.3, -0.25) is 4.79 Å². The molecular weight excluding hydrogens is 250 g/mol. The normalized spacial score (nSPS) is 30.2. The topological polar surface area (TPSA) is 132 Å². The van der Waals surface area contributed by atoms with Crippen LogP contribution in [-0.2, 0) is 0 Å². The predicted molar refractivity (Wildman–Crippen MR) is 68.2 cm³/mol. The van der Waals surface area contributed by atoms with E-state index >= 15 is 0 Å². The lowest BCUT2D eigenvalue weighted by molar-refractivity contribution is 0.0193. The van der Waals surface area contributed by atoms with Gasteiger partial charge in [-0.1, -0.05) is 5.92 Å². The molecule has 0 aromatic carbocycles. The molecule has 7 N–H and O–H groups in total. The molecule has 102 valence electrons. The molecule has 1 aliphatic rings. The molecule has 19 heavy (non-hydrogen) atoms. The summed E-state index contributed by atoms with van der Waals surface area (Å²) < 4.78 is 0. The lowest BCUT2D eigenvalue weighted by atomic mass is 10.0. The number of hydrogen-bond donors (Lipinski definition) is 6. The second kappa shape index (κ2) is 5.03. The van der Waals surface area contributed by atoms with Crippen LogP contribution in [-0.4, -0.2) is 45.2 Å². The van der Waals surface area contributed by atoms with Crippen molar-refractivity contribution in [1.82, 2.24) is 10.3 Å². The Kier molecular flexibility index (Phi) is 3.59. The Hall–Kier alpha value is -1.85. The summed E-state index contributed by atoms with van der Waals surface area (Å²) in [6.07, 6.45) is 2.88. The van der Waals surface area contributed by atoms with E-state index in [1.54, 1.807) is 0 Å². The molecule has 1 aliphatic heterocycles. The number of aromatic nitrogens is 1.